The van der Waals surface area contributed by atoms with E-state index in [4.69, 9.17) is 5.11 Å². The summed E-state index contributed by atoms with van der Waals surface area (Å²) in [5, 5.41) is 14.5. The first-order chi connectivity index (χ1) is 8.88. The molecule has 0 aromatic carbocycles. The van der Waals surface area contributed by atoms with E-state index in [0.717, 1.165) is 12.2 Å². The molecule has 110 valence electrons. The van der Waals surface area contributed by atoms with Gasteiger partial charge >= 0.3 is 12.0 Å². The molecule has 1 saturated heterocycles. The van der Waals surface area contributed by atoms with Gasteiger partial charge in [-0.1, -0.05) is 20.3 Å². The molecule has 6 heteroatoms. The highest BCUT2D eigenvalue weighted by atomic mass is 32.2. The topological polar surface area (TPSA) is 78.4 Å². The number of hydrogen-bond acceptors (Lipinski definition) is 3. The van der Waals surface area contributed by atoms with Gasteiger partial charge in [0.25, 0.3) is 0 Å². The largest absolute Gasteiger partial charge is 0.480 e. The number of urea groups is 1. The zero-order valence-corrected chi connectivity index (χ0v) is 12.7. The summed E-state index contributed by atoms with van der Waals surface area (Å²) in [5.41, 5.74) is 0. The standard InChI is InChI=1S/C13H24N2O3S/c1-4-9(2)10(11(16)17)15-12(18)14-8-13(3)6-5-7-19-13/h9-10H,4-8H2,1-3H3,(H,16,17)(H2,14,15,18). The number of amides is 2. The van der Waals surface area contributed by atoms with E-state index >= 15 is 0 Å². The molecule has 5 nitrogen and oxygen atoms in total. The lowest BCUT2D eigenvalue weighted by Gasteiger charge is -2.25. The zero-order valence-electron chi connectivity index (χ0n) is 11.9. The molecule has 0 saturated carbocycles. The van der Waals surface area contributed by atoms with Crippen LogP contribution in [0.15, 0.2) is 0 Å². The Hall–Kier alpha value is -0.910. The summed E-state index contributed by atoms with van der Waals surface area (Å²) in [5.74, 6) is 0.0652. The smallest absolute Gasteiger partial charge is 0.326 e. The molecule has 1 aliphatic heterocycles. The van der Waals surface area contributed by atoms with E-state index in [1.165, 1.54) is 6.42 Å². The summed E-state index contributed by atoms with van der Waals surface area (Å²) in [7, 11) is 0. The molecule has 0 aromatic rings. The maximum Gasteiger partial charge on any atom is 0.326 e. The van der Waals surface area contributed by atoms with Crippen LogP contribution in [0.2, 0.25) is 0 Å². The molecule has 0 aliphatic carbocycles. The van der Waals surface area contributed by atoms with Crippen molar-refractivity contribution in [3.63, 3.8) is 0 Å². The van der Waals surface area contributed by atoms with Gasteiger partial charge in [-0.25, -0.2) is 9.59 Å². The molecule has 3 N–H and O–H groups in total. The summed E-state index contributed by atoms with van der Waals surface area (Å²) in [6.45, 7) is 6.45. The van der Waals surface area contributed by atoms with Crippen LogP contribution in [0.4, 0.5) is 4.79 Å². The van der Waals surface area contributed by atoms with Crippen LogP contribution in [0.5, 0.6) is 0 Å². The first-order valence-electron chi connectivity index (χ1n) is 6.79. The van der Waals surface area contributed by atoms with Crippen LogP contribution >= 0.6 is 11.8 Å². The van der Waals surface area contributed by atoms with Crippen LogP contribution in [-0.2, 0) is 4.79 Å². The highest BCUT2D eigenvalue weighted by molar-refractivity contribution is 8.00. The lowest BCUT2D eigenvalue weighted by atomic mass is 9.99. The minimum absolute atomic E-state index is 0.0836. The molecular formula is C13H24N2O3S. The second-order valence-electron chi connectivity index (χ2n) is 5.43. The van der Waals surface area contributed by atoms with Crippen molar-refractivity contribution in [2.24, 2.45) is 5.92 Å². The van der Waals surface area contributed by atoms with Gasteiger partial charge in [0.2, 0.25) is 0 Å². The van der Waals surface area contributed by atoms with E-state index in [1.807, 2.05) is 25.6 Å². The van der Waals surface area contributed by atoms with Gasteiger partial charge < -0.3 is 15.7 Å². The molecule has 1 aliphatic rings. The average Bonchev–Trinajstić information content (AvgIpc) is 2.80. The fourth-order valence-corrected chi connectivity index (χ4v) is 3.36. The minimum Gasteiger partial charge on any atom is -0.480 e. The first kappa shape index (κ1) is 16.1. The third-order valence-electron chi connectivity index (χ3n) is 3.69. The van der Waals surface area contributed by atoms with Crippen molar-refractivity contribution in [1.82, 2.24) is 10.6 Å². The highest BCUT2D eigenvalue weighted by Gasteiger charge is 2.31. The number of carbonyl (C=O) groups is 2. The molecular weight excluding hydrogens is 264 g/mol. The van der Waals surface area contributed by atoms with Crippen LogP contribution in [0.25, 0.3) is 0 Å². The molecule has 0 aromatic heterocycles. The quantitative estimate of drug-likeness (QED) is 0.699. The third-order valence-corrected chi connectivity index (χ3v) is 5.23. The maximum absolute atomic E-state index is 11.8. The Morgan fingerprint density at radius 1 is 1.47 bits per heavy atom. The molecule has 3 atom stereocenters. The Balaban J connectivity index is 2.42. The average molecular weight is 288 g/mol. The molecule has 0 bridgehead atoms. The van der Waals surface area contributed by atoms with Gasteiger partial charge in [0.15, 0.2) is 0 Å². The molecule has 0 radical (unpaired) electrons. The number of carbonyl (C=O) groups excluding carboxylic acids is 1. The van der Waals surface area contributed by atoms with Crippen LogP contribution in [0.3, 0.4) is 0 Å². The van der Waals surface area contributed by atoms with Crippen molar-refractivity contribution in [1.29, 1.82) is 0 Å². The van der Waals surface area contributed by atoms with Crippen molar-refractivity contribution in [2.75, 3.05) is 12.3 Å². The Kier molecular flexibility index (Phi) is 5.97. The number of thioether (sulfide) groups is 1. The normalized spacial score (nSPS) is 25.6. The van der Waals surface area contributed by atoms with Crippen LogP contribution in [-0.4, -0.2) is 40.2 Å². The fourth-order valence-electron chi connectivity index (χ4n) is 2.12. The van der Waals surface area contributed by atoms with Gasteiger partial charge in [-0.2, -0.15) is 11.8 Å². The molecule has 19 heavy (non-hydrogen) atoms. The minimum atomic E-state index is -0.981. The van der Waals surface area contributed by atoms with Gasteiger partial charge in [-0.15, -0.1) is 0 Å². The SMILES string of the molecule is CCC(C)C(NC(=O)NCC1(C)CCCS1)C(=O)O. The summed E-state index contributed by atoms with van der Waals surface area (Å²) in [6.07, 6.45) is 2.98. The van der Waals surface area contributed by atoms with Gasteiger partial charge in [0, 0.05) is 11.3 Å². The van der Waals surface area contributed by atoms with Gasteiger partial charge in [0.1, 0.15) is 6.04 Å². The third kappa shape index (κ3) is 4.93. The summed E-state index contributed by atoms with van der Waals surface area (Å²) in [4.78, 5) is 22.9. The van der Waals surface area contributed by atoms with Gasteiger partial charge in [-0.3, -0.25) is 0 Å². The molecule has 1 heterocycles. The van der Waals surface area contributed by atoms with Gasteiger partial charge in [-0.05, 0) is 31.4 Å². The van der Waals surface area contributed by atoms with Crippen LogP contribution in [0, 0.1) is 5.92 Å². The Morgan fingerprint density at radius 2 is 2.16 bits per heavy atom. The molecule has 1 fully saturated rings. The Morgan fingerprint density at radius 3 is 2.63 bits per heavy atom. The van der Waals surface area contributed by atoms with Crippen molar-refractivity contribution >= 4 is 23.8 Å². The summed E-state index contributed by atoms with van der Waals surface area (Å²) < 4.78 is 0.0897. The number of carboxylic acid groups (broad SMARTS) is 1. The molecule has 3 unspecified atom stereocenters. The zero-order chi connectivity index (χ0) is 14.5. The van der Waals surface area contributed by atoms with E-state index < -0.39 is 12.0 Å². The van der Waals surface area contributed by atoms with E-state index in [9.17, 15) is 9.59 Å². The highest BCUT2D eigenvalue weighted by Crippen LogP contribution is 2.36. The molecule has 0 spiro atoms. The maximum atomic E-state index is 11.8. The monoisotopic (exact) mass is 288 g/mol. The van der Waals surface area contributed by atoms with Crippen molar-refractivity contribution in [3.8, 4) is 0 Å². The Labute approximate surface area is 118 Å². The molecule has 2 amide bonds. The second kappa shape index (κ2) is 7.03. The predicted octanol–water partition coefficient (Wildman–Crippen LogP) is 2.07. The first-order valence-corrected chi connectivity index (χ1v) is 7.77. The number of aliphatic carboxylic acids is 1. The lowest BCUT2D eigenvalue weighted by molar-refractivity contribution is -0.140. The van der Waals surface area contributed by atoms with Crippen LogP contribution in [0.1, 0.15) is 40.0 Å². The van der Waals surface area contributed by atoms with E-state index in [0.29, 0.717) is 13.0 Å². The fraction of sp³-hybridized carbons (Fsp3) is 0.846. The summed E-state index contributed by atoms with van der Waals surface area (Å²) >= 11 is 1.86. The van der Waals surface area contributed by atoms with E-state index in [-0.39, 0.29) is 16.7 Å². The van der Waals surface area contributed by atoms with E-state index in [2.05, 4.69) is 17.6 Å². The number of nitrogens with one attached hydrogen (secondary N) is 2. The van der Waals surface area contributed by atoms with Crippen LogP contribution < -0.4 is 10.6 Å². The van der Waals surface area contributed by atoms with Gasteiger partial charge in [0.05, 0.1) is 0 Å². The van der Waals surface area contributed by atoms with Crippen molar-refractivity contribution in [2.45, 2.75) is 50.8 Å². The predicted molar refractivity (Wildman–Crippen MR) is 77.5 cm³/mol. The molecule has 1 rings (SSSR count). The Bertz CT molecular complexity index is 330. The second-order valence-corrected chi connectivity index (χ2v) is 7.11. The number of carboxylic acids is 1. The number of rotatable bonds is 6. The van der Waals surface area contributed by atoms with E-state index in [1.54, 1.807) is 0 Å². The lowest BCUT2D eigenvalue weighted by Crippen LogP contribution is -2.51. The number of hydrogen-bond donors (Lipinski definition) is 3. The van der Waals surface area contributed by atoms with Crippen molar-refractivity contribution in [3.05, 3.63) is 0 Å². The van der Waals surface area contributed by atoms with Crippen molar-refractivity contribution < 1.29 is 14.7 Å². The summed E-state index contributed by atoms with van der Waals surface area (Å²) in [6, 6.07) is -1.21.